The fraction of sp³-hybridized carbons (Fsp3) is 0.629. The lowest BCUT2D eigenvalue weighted by Crippen LogP contribution is -2.58. The van der Waals surface area contributed by atoms with Crippen LogP contribution in [0.5, 0.6) is 0 Å². The first-order valence-corrected chi connectivity index (χ1v) is 17.0. The van der Waals surface area contributed by atoms with Crippen molar-refractivity contribution < 1.29 is 4.79 Å². The number of nitrogens with zero attached hydrogens (tertiary/aromatic N) is 5. The number of hydrogen-bond acceptors (Lipinski definition) is 6. The molecule has 1 aromatic carbocycles. The van der Waals surface area contributed by atoms with Crippen LogP contribution in [-0.4, -0.2) is 69.6 Å². The maximum absolute atomic E-state index is 14.4. The summed E-state index contributed by atoms with van der Waals surface area (Å²) < 4.78 is 2.23. The average molecular weight is 582 g/mol. The van der Waals surface area contributed by atoms with Crippen molar-refractivity contribution in [3.8, 4) is 11.3 Å². The molecule has 0 bridgehead atoms. The van der Waals surface area contributed by atoms with Crippen LogP contribution >= 0.6 is 0 Å². The van der Waals surface area contributed by atoms with Crippen LogP contribution in [0.2, 0.25) is 0 Å². The van der Waals surface area contributed by atoms with E-state index in [1.54, 1.807) is 0 Å². The summed E-state index contributed by atoms with van der Waals surface area (Å²) in [6.07, 6.45) is 12.2. The van der Waals surface area contributed by atoms with Gasteiger partial charge in [0.2, 0.25) is 5.91 Å². The number of piperidine rings is 2. The summed E-state index contributed by atoms with van der Waals surface area (Å²) in [7, 11) is 0. The molecule has 5 heterocycles. The molecule has 3 aliphatic heterocycles. The number of fused-ring (bicyclic) bond motifs is 3. The lowest BCUT2D eigenvalue weighted by Gasteiger charge is -2.48. The molecule has 0 radical (unpaired) electrons. The number of aromatic nitrogens is 3. The molecule has 2 N–H and O–H groups in total. The number of benzene rings is 1. The molecule has 8 nitrogen and oxygen atoms in total. The van der Waals surface area contributed by atoms with E-state index in [2.05, 4.69) is 70.0 Å². The Kier molecular flexibility index (Phi) is 6.79. The minimum atomic E-state index is -0.392. The molecule has 1 amide bonds. The number of likely N-dealkylation sites (tertiary alicyclic amines) is 1. The summed E-state index contributed by atoms with van der Waals surface area (Å²) >= 11 is 0. The van der Waals surface area contributed by atoms with Crippen LogP contribution in [0, 0.1) is 5.92 Å². The molecular formula is C35H47N7O. The van der Waals surface area contributed by atoms with E-state index in [1.807, 2.05) is 6.33 Å². The van der Waals surface area contributed by atoms with Crippen LogP contribution in [0.1, 0.15) is 90.2 Å². The van der Waals surface area contributed by atoms with Gasteiger partial charge in [-0.05, 0) is 115 Å². The molecule has 8 rings (SSSR count). The number of rotatable bonds is 6. The Bertz CT molecular complexity index is 1520. The van der Waals surface area contributed by atoms with Crippen molar-refractivity contribution in [1.82, 2.24) is 24.8 Å². The standard InChI is InChI=1S/C35H47N7O/c1-22(2)41-21-37-30-20-29(39-33(32(30)41)38-25-15-23(3)16-25)24-7-8-28-31(17-24)42(34(43)35(28)9-11-36-12-10-35)27-18-26(19-27)40-13-5-4-6-14-40/h7-8,17,20-23,25-27,36H,4-6,9-16,18-19H2,1-3H3,(H,38,39). The number of nitrogens with one attached hydrogen (secondary N) is 2. The highest BCUT2D eigenvalue weighted by molar-refractivity contribution is 6.09. The van der Waals surface area contributed by atoms with E-state index >= 15 is 0 Å². The number of pyridine rings is 1. The van der Waals surface area contributed by atoms with Gasteiger partial charge >= 0.3 is 0 Å². The highest BCUT2D eigenvalue weighted by atomic mass is 16.2. The third-order valence-corrected chi connectivity index (χ3v) is 11.3. The van der Waals surface area contributed by atoms with Crippen LogP contribution in [0.4, 0.5) is 11.5 Å². The third kappa shape index (κ3) is 4.50. The lowest BCUT2D eigenvalue weighted by molar-refractivity contribution is -0.125. The quantitative estimate of drug-likeness (QED) is 0.379. The Balaban J connectivity index is 1.17. The summed E-state index contributed by atoms with van der Waals surface area (Å²) in [5, 5.41) is 7.29. The maximum atomic E-state index is 14.4. The maximum Gasteiger partial charge on any atom is 0.238 e. The minimum absolute atomic E-state index is 0.290. The summed E-state index contributed by atoms with van der Waals surface area (Å²) in [5.41, 5.74) is 6.03. The largest absolute Gasteiger partial charge is 0.366 e. The van der Waals surface area contributed by atoms with Crippen molar-refractivity contribution in [2.75, 3.05) is 36.4 Å². The van der Waals surface area contributed by atoms with Crippen LogP contribution in [0.3, 0.4) is 0 Å². The smallest absolute Gasteiger partial charge is 0.238 e. The van der Waals surface area contributed by atoms with Gasteiger partial charge in [-0.1, -0.05) is 25.5 Å². The van der Waals surface area contributed by atoms with Gasteiger partial charge in [-0.25, -0.2) is 9.97 Å². The molecule has 4 fully saturated rings. The topological polar surface area (TPSA) is 78.3 Å². The van der Waals surface area contributed by atoms with Crippen molar-refractivity contribution in [1.29, 1.82) is 0 Å². The Morgan fingerprint density at radius 1 is 1.00 bits per heavy atom. The van der Waals surface area contributed by atoms with E-state index < -0.39 is 5.41 Å². The van der Waals surface area contributed by atoms with Crippen LogP contribution in [0.25, 0.3) is 22.3 Å². The van der Waals surface area contributed by atoms with Gasteiger partial charge in [0.25, 0.3) is 0 Å². The number of anilines is 2. The second-order valence-corrected chi connectivity index (χ2v) is 14.5. The van der Waals surface area contributed by atoms with Crippen LogP contribution < -0.4 is 15.5 Å². The highest BCUT2D eigenvalue weighted by Crippen LogP contribution is 2.51. The molecule has 43 heavy (non-hydrogen) atoms. The molecule has 1 spiro atoms. The fourth-order valence-corrected chi connectivity index (χ4v) is 8.71. The Morgan fingerprint density at radius 3 is 2.49 bits per heavy atom. The van der Waals surface area contributed by atoms with E-state index in [0.29, 0.717) is 24.0 Å². The molecular weight excluding hydrogens is 534 g/mol. The van der Waals surface area contributed by atoms with E-state index in [1.165, 1.54) is 50.8 Å². The summed E-state index contributed by atoms with van der Waals surface area (Å²) in [5.74, 6) is 2.03. The highest BCUT2D eigenvalue weighted by Gasteiger charge is 2.54. The Hall–Kier alpha value is -2.97. The second kappa shape index (κ2) is 10.6. The van der Waals surface area contributed by atoms with E-state index in [4.69, 9.17) is 9.97 Å². The van der Waals surface area contributed by atoms with Gasteiger partial charge in [-0.15, -0.1) is 0 Å². The first kappa shape index (κ1) is 27.6. The first-order chi connectivity index (χ1) is 20.9. The predicted molar refractivity (Wildman–Crippen MR) is 173 cm³/mol. The third-order valence-electron chi connectivity index (χ3n) is 11.3. The van der Waals surface area contributed by atoms with Gasteiger partial charge < -0.3 is 25.0 Å². The van der Waals surface area contributed by atoms with Crippen molar-refractivity contribution >= 4 is 28.4 Å². The normalized spacial score (nSPS) is 28.7. The molecule has 5 aliphatic rings. The number of hydrogen-bond donors (Lipinski definition) is 2. The lowest BCUT2D eigenvalue weighted by atomic mass is 9.74. The molecule has 228 valence electrons. The van der Waals surface area contributed by atoms with Crippen molar-refractivity contribution in [2.24, 2.45) is 5.92 Å². The number of carbonyl (C=O) groups is 1. The molecule has 0 atom stereocenters. The summed E-state index contributed by atoms with van der Waals surface area (Å²) in [6.45, 7) is 10.9. The second-order valence-electron chi connectivity index (χ2n) is 14.5. The van der Waals surface area contributed by atoms with Crippen molar-refractivity contribution in [3.63, 3.8) is 0 Å². The SMILES string of the molecule is CC1CC(Nc2nc(-c3ccc4c(c3)N(C3CC(N5CCCCC5)C3)C(=O)C43CCNCC3)cc3ncn(C(C)C)c23)C1. The molecule has 8 heteroatoms. The van der Waals surface area contributed by atoms with E-state index in [9.17, 15) is 4.79 Å². The van der Waals surface area contributed by atoms with Crippen molar-refractivity contribution in [2.45, 2.75) is 108 Å². The van der Waals surface area contributed by atoms with Gasteiger partial charge in [0.05, 0.1) is 23.0 Å². The van der Waals surface area contributed by atoms with Gasteiger partial charge in [0.15, 0.2) is 5.82 Å². The number of amides is 1. The molecule has 0 unspecified atom stereocenters. The van der Waals surface area contributed by atoms with Crippen LogP contribution in [-0.2, 0) is 10.2 Å². The Morgan fingerprint density at radius 2 is 1.77 bits per heavy atom. The zero-order valence-corrected chi connectivity index (χ0v) is 26.1. The molecule has 3 aromatic rings. The minimum Gasteiger partial charge on any atom is -0.366 e. The predicted octanol–water partition coefficient (Wildman–Crippen LogP) is 5.87. The molecule has 2 aromatic heterocycles. The average Bonchev–Trinajstić information content (AvgIpc) is 3.51. The monoisotopic (exact) mass is 581 g/mol. The van der Waals surface area contributed by atoms with E-state index in [-0.39, 0.29) is 6.04 Å². The van der Waals surface area contributed by atoms with Gasteiger partial charge in [-0.3, -0.25) is 4.79 Å². The zero-order chi connectivity index (χ0) is 29.3. The summed E-state index contributed by atoms with van der Waals surface area (Å²) in [4.78, 5) is 29.4. The van der Waals surface area contributed by atoms with Gasteiger partial charge in [0, 0.05) is 35.4 Å². The molecule has 2 saturated heterocycles. The van der Waals surface area contributed by atoms with E-state index in [0.717, 1.165) is 78.5 Å². The Labute approximate surface area is 255 Å². The van der Waals surface area contributed by atoms with Crippen molar-refractivity contribution in [3.05, 3.63) is 36.2 Å². The summed E-state index contributed by atoms with van der Waals surface area (Å²) in [6, 6.07) is 10.6. The number of carbonyl (C=O) groups excluding carboxylic acids is 1. The van der Waals surface area contributed by atoms with Gasteiger partial charge in [-0.2, -0.15) is 0 Å². The molecule has 2 saturated carbocycles. The first-order valence-electron chi connectivity index (χ1n) is 17.0. The molecule has 2 aliphatic carbocycles. The fourth-order valence-electron chi connectivity index (χ4n) is 8.71. The number of imidazole rings is 1. The van der Waals surface area contributed by atoms with Crippen LogP contribution in [0.15, 0.2) is 30.6 Å². The zero-order valence-electron chi connectivity index (χ0n) is 26.1. The van der Waals surface area contributed by atoms with Gasteiger partial charge in [0.1, 0.15) is 5.52 Å².